The average molecular weight is 219 g/mol. The van der Waals surface area contributed by atoms with Gasteiger partial charge in [0.05, 0.1) is 5.84 Å². The van der Waals surface area contributed by atoms with Crippen LogP contribution in [0.5, 0.6) is 0 Å². The summed E-state index contributed by atoms with van der Waals surface area (Å²) in [5, 5.41) is 18.7. The highest BCUT2D eigenvalue weighted by atomic mass is 32.2. The van der Waals surface area contributed by atoms with Gasteiger partial charge in [0.15, 0.2) is 4.87 Å². The topological polar surface area (TPSA) is 99.2 Å². The molecule has 14 heavy (non-hydrogen) atoms. The van der Waals surface area contributed by atoms with Gasteiger partial charge >= 0.3 is 5.97 Å². The van der Waals surface area contributed by atoms with Gasteiger partial charge in [0.2, 0.25) is 0 Å². The zero-order chi connectivity index (χ0) is 11.2. The Morgan fingerprint density at radius 2 is 2.29 bits per heavy atom. The van der Waals surface area contributed by atoms with Crippen molar-refractivity contribution in [2.24, 2.45) is 5.73 Å². The van der Waals surface area contributed by atoms with E-state index in [0.717, 1.165) is 0 Å². The lowest BCUT2D eigenvalue weighted by atomic mass is 10.2. The van der Waals surface area contributed by atoms with Crippen LogP contribution in [-0.4, -0.2) is 34.1 Å². The van der Waals surface area contributed by atoms with Gasteiger partial charge in [0.25, 0.3) is 0 Å². The van der Waals surface area contributed by atoms with Gasteiger partial charge in [0.1, 0.15) is 0 Å². The smallest absolute Gasteiger partial charge is 0.334 e. The van der Waals surface area contributed by atoms with Crippen LogP contribution in [0.3, 0.4) is 0 Å². The lowest BCUT2D eigenvalue weighted by molar-refractivity contribution is -0.139. The first-order valence-corrected chi connectivity index (χ1v) is 5.36. The maximum atomic E-state index is 10.8. The van der Waals surface area contributed by atoms with Gasteiger partial charge in [-0.05, 0) is 13.3 Å². The minimum absolute atomic E-state index is 0.375. The van der Waals surface area contributed by atoms with Gasteiger partial charge < -0.3 is 16.2 Å². The molecule has 0 aliphatic rings. The molecule has 0 aromatic carbocycles. The molecule has 5 nitrogen and oxygen atoms in total. The molecule has 0 rings (SSSR count). The second-order valence-electron chi connectivity index (χ2n) is 2.95. The van der Waals surface area contributed by atoms with E-state index in [9.17, 15) is 4.79 Å². The molecule has 0 aromatic rings. The fourth-order valence-corrected chi connectivity index (χ4v) is 1.68. The zero-order valence-corrected chi connectivity index (χ0v) is 9.28. The number of thioether (sulfide) groups is 1. The van der Waals surface area contributed by atoms with E-state index in [1.165, 1.54) is 11.8 Å². The van der Waals surface area contributed by atoms with Crippen molar-refractivity contribution in [3.8, 4) is 0 Å². The number of aliphatic carboxylic acids is 1. The number of carboxylic acid groups (broad SMARTS) is 1. The highest BCUT2D eigenvalue weighted by molar-refractivity contribution is 8.01. The zero-order valence-electron chi connectivity index (χ0n) is 8.46. The summed E-state index contributed by atoms with van der Waals surface area (Å²) in [7, 11) is 0. The largest absolute Gasteiger partial charge is 0.479 e. The third-order valence-electron chi connectivity index (χ3n) is 1.74. The highest BCUT2D eigenvalue weighted by Crippen LogP contribution is 2.22. The minimum atomic E-state index is -1.20. The molecule has 0 unspecified atom stereocenters. The van der Waals surface area contributed by atoms with Crippen molar-refractivity contribution in [3.63, 3.8) is 0 Å². The summed E-state index contributed by atoms with van der Waals surface area (Å²) in [4.78, 5) is 9.58. The van der Waals surface area contributed by atoms with E-state index in [1.807, 2.05) is 0 Å². The minimum Gasteiger partial charge on any atom is -0.479 e. The molecule has 0 heterocycles. The van der Waals surface area contributed by atoms with Crippen molar-refractivity contribution in [2.45, 2.75) is 25.1 Å². The van der Waals surface area contributed by atoms with E-state index >= 15 is 0 Å². The summed E-state index contributed by atoms with van der Waals surface area (Å²) in [5.41, 5.74) is 5.64. The van der Waals surface area contributed by atoms with Crippen LogP contribution < -0.4 is 11.1 Å². The third kappa shape index (κ3) is 4.48. The molecule has 0 fully saturated rings. The summed E-state index contributed by atoms with van der Waals surface area (Å²) in [6.45, 7) is 3.94. The van der Waals surface area contributed by atoms with Crippen LogP contribution in [0.25, 0.3) is 0 Å². The summed E-state index contributed by atoms with van der Waals surface area (Å²) in [6.07, 6.45) is 0.385. The first-order valence-electron chi connectivity index (χ1n) is 4.37. The highest BCUT2D eigenvalue weighted by Gasteiger charge is 2.31. The van der Waals surface area contributed by atoms with Crippen LogP contribution in [0.15, 0.2) is 0 Å². The quantitative estimate of drug-likeness (QED) is 0.225. The number of hydrogen-bond donors (Lipinski definition) is 4. The molecule has 0 saturated heterocycles. The molecule has 0 aromatic heterocycles. The monoisotopic (exact) mass is 219 g/mol. The molecule has 6 heteroatoms. The Balaban J connectivity index is 3.85. The number of nitrogens with two attached hydrogens (primary N) is 1. The van der Waals surface area contributed by atoms with Crippen LogP contribution in [0.4, 0.5) is 0 Å². The van der Waals surface area contributed by atoms with E-state index in [0.29, 0.717) is 24.6 Å². The Morgan fingerprint density at radius 3 is 2.64 bits per heavy atom. The summed E-state index contributed by atoms with van der Waals surface area (Å²) < 4.78 is 0. The van der Waals surface area contributed by atoms with Gasteiger partial charge in [-0.15, -0.1) is 11.8 Å². The molecular weight excluding hydrogens is 202 g/mol. The van der Waals surface area contributed by atoms with Gasteiger partial charge in [-0.2, -0.15) is 0 Å². The average Bonchev–Trinajstić information content (AvgIpc) is 2.11. The number of amidine groups is 1. The first-order chi connectivity index (χ1) is 6.42. The molecule has 1 atom stereocenters. The number of nitrogens with one attached hydrogen (secondary N) is 2. The Hall–Kier alpha value is -0.750. The van der Waals surface area contributed by atoms with E-state index < -0.39 is 10.8 Å². The standard InChI is InChI=1S/C8H17N3O2S/c1-3-8(10,7(12)13)14-5-4-11-6(2)9/h3-5,10H2,1-2H3,(H2,9,11)(H,12,13)/t8-/m0/s1. The molecule has 0 radical (unpaired) electrons. The van der Waals surface area contributed by atoms with Crippen LogP contribution in [0.1, 0.15) is 20.3 Å². The summed E-state index contributed by atoms with van der Waals surface area (Å²) in [6, 6.07) is 0. The van der Waals surface area contributed by atoms with Crippen molar-refractivity contribution in [1.29, 1.82) is 5.41 Å². The molecule has 0 aliphatic heterocycles. The molecule has 82 valence electrons. The normalized spacial score (nSPS) is 14.5. The maximum absolute atomic E-state index is 10.8. The SMILES string of the molecule is CC[C@](N)(SCCNC(C)=N)C(=O)O. The molecular formula is C8H17N3O2S. The predicted octanol–water partition coefficient (Wildman–Crippen LogP) is 0.456. The van der Waals surface area contributed by atoms with Crippen LogP contribution in [0.2, 0.25) is 0 Å². The van der Waals surface area contributed by atoms with Crippen molar-refractivity contribution in [2.75, 3.05) is 12.3 Å². The summed E-state index contributed by atoms with van der Waals surface area (Å²) >= 11 is 1.19. The second-order valence-corrected chi connectivity index (χ2v) is 4.37. The lowest BCUT2D eigenvalue weighted by Gasteiger charge is -2.22. The molecule has 0 aliphatic carbocycles. The van der Waals surface area contributed by atoms with Crippen molar-refractivity contribution in [1.82, 2.24) is 5.32 Å². The number of rotatable bonds is 6. The van der Waals surface area contributed by atoms with Crippen molar-refractivity contribution in [3.05, 3.63) is 0 Å². The van der Waals surface area contributed by atoms with Crippen molar-refractivity contribution >= 4 is 23.6 Å². The maximum Gasteiger partial charge on any atom is 0.334 e. The fraction of sp³-hybridized carbons (Fsp3) is 0.750. The van der Waals surface area contributed by atoms with Crippen molar-refractivity contribution < 1.29 is 9.90 Å². The fourth-order valence-electron chi connectivity index (χ4n) is 0.787. The first kappa shape index (κ1) is 13.2. The summed E-state index contributed by atoms with van der Waals surface area (Å²) in [5.74, 6) is -0.0380. The molecule has 0 bridgehead atoms. The number of carbonyl (C=O) groups is 1. The van der Waals surface area contributed by atoms with Crippen LogP contribution in [0, 0.1) is 5.41 Å². The Morgan fingerprint density at radius 1 is 1.71 bits per heavy atom. The van der Waals surface area contributed by atoms with E-state index in [-0.39, 0.29) is 0 Å². The van der Waals surface area contributed by atoms with Gasteiger partial charge in [-0.25, -0.2) is 4.79 Å². The number of hydrogen-bond acceptors (Lipinski definition) is 4. The predicted molar refractivity (Wildman–Crippen MR) is 58.7 cm³/mol. The van der Waals surface area contributed by atoms with E-state index in [4.69, 9.17) is 16.2 Å². The van der Waals surface area contributed by atoms with Gasteiger partial charge in [0, 0.05) is 12.3 Å². The molecule has 0 amide bonds. The Bertz CT molecular complexity index is 223. The van der Waals surface area contributed by atoms with E-state index in [2.05, 4.69) is 5.32 Å². The Labute approximate surface area is 87.9 Å². The Kier molecular flexibility index (Phi) is 5.56. The molecule has 0 saturated carbocycles. The third-order valence-corrected chi connectivity index (χ3v) is 3.13. The van der Waals surface area contributed by atoms with E-state index in [1.54, 1.807) is 13.8 Å². The lowest BCUT2D eigenvalue weighted by Crippen LogP contribution is -2.44. The van der Waals surface area contributed by atoms with Crippen LogP contribution in [-0.2, 0) is 4.79 Å². The number of carboxylic acids is 1. The van der Waals surface area contributed by atoms with Crippen LogP contribution >= 0.6 is 11.8 Å². The van der Waals surface area contributed by atoms with Gasteiger partial charge in [-0.3, -0.25) is 5.41 Å². The second kappa shape index (κ2) is 5.87. The molecule has 5 N–H and O–H groups in total. The molecule has 0 spiro atoms. The van der Waals surface area contributed by atoms with Gasteiger partial charge in [-0.1, -0.05) is 6.92 Å².